The Morgan fingerprint density at radius 1 is 1.07 bits per heavy atom. The molecule has 1 aliphatic heterocycles. The van der Waals surface area contributed by atoms with Crippen molar-refractivity contribution in [2.24, 2.45) is 0 Å². The zero-order chi connectivity index (χ0) is 19.8. The van der Waals surface area contributed by atoms with E-state index in [0.717, 1.165) is 23.3 Å². The molecule has 0 fully saturated rings. The Bertz CT molecular complexity index is 1000. The van der Waals surface area contributed by atoms with Crippen LogP contribution in [0.1, 0.15) is 21.5 Å². The minimum absolute atomic E-state index is 0.126. The Hall–Kier alpha value is -2.78. The first-order valence-electron chi connectivity index (χ1n) is 8.08. The molecule has 0 saturated carbocycles. The number of nitrogens with zero attached hydrogens (tertiary/aromatic N) is 1. The van der Waals surface area contributed by atoms with Gasteiger partial charge in [-0.05, 0) is 47.9 Å². The molecule has 2 aromatic carbocycles. The second-order valence-electron chi connectivity index (χ2n) is 6.05. The first kappa shape index (κ1) is 19.0. The minimum atomic E-state index is -3.93. The van der Waals surface area contributed by atoms with Gasteiger partial charge in [0.1, 0.15) is 11.3 Å². The van der Waals surface area contributed by atoms with Crippen LogP contribution in [-0.2, 0) is 23.0 Å². The normalized spacial score (nSPS) is 14.4. The molecule has 3 rings (SSSR count). The van der Waals surface area contributed by atoms with Crippen LogP contribution in [0, 0.1) is 0 Å². The highest BCUT2D eigenvalue weighted by molar-refractivity contribution is 7.89. The van der Waals surface area contributed by atoms with Gasteiger partial charge < -0.3 is 19.7 Å². The molecule has 0 unspecified atom stereocenters. The zero-order valence-electron chi connectivity index (χ0n) is 14.8. The number of ether oxygens (including phenoxy) is 2. The van der Waals surface area contributed by atoms with E-state index in [1.807, 2.05) is 6.07 Å². The lowest BCUT2D eigenvalue weighted by molar-refractivity contribution is 0.0693. The van der Waals surface area contributed by atoms with Crippen molar-refractivity contribution in [1.82, 2.24) is 4.31 Å². The van der Waals surface area contributed by atoms with E-state index in [-0.39, 0.29) is 18.0 Å². The molecule has 1 aliphatic rings. The fraction of sp³-hybridized carbons (Fsp3) is 0.278. The molecular weight excluding hydrogens is 374 g/mol. The molecule has 0 amide bonds. The maximum absolute atomic E-state index is 13.0. The van der Waals surface area contributed by atoms with Crippen LogP contribution < -0.4 is 9.47 Å². The van der Waals surface area contributed by atoms with E-state index in [2.05, 4.69) is 0 Å². The number of aromatic hydroxyl groups is 1. The predicted molar refractivity (Wildman–Crippen MR) is 95.9 cm³/mol. The van der Waals surface area contributed by atoms with Crippen LogP contribution in [0.3, 0.4) is 0 Å². The second kappa shape index (κ2) is 7.09. The maximum Gasteiger partial charge on any atom is 0.339 e. The second-order valence-corrected chi connectivity index (χ2v) is 7.99. The third-order valence-electron chi connectivity index (χ3n) is 4.52. The Labute approximate surface area is 156 Å². The molecule has 0 radical (unpaired) electrons. The number of rotatable bonds is 5. The lowest BCUT2D eigenvalue weighted by Gasteiger charge is -2.29. The summed E-state index contributed by atoms with van der Waals surface area (Å²) in [5.41, 5.74) is 1.30. The molecule has 2 N–H and O–H groups in total. The Morgan fingerprint density at radius 2 is 1.70 bits per heavy atom. The van der Waals surface area contributed by atoms with Crippen molar-refractivity contribution in [2.45, 2.75) is 17.9 Å². The lowest BCUT2D eigenvalue weighted by Crippen LogP contribution is -2.36. The number of methoxy groups -OCH3 is 2. The van der Waals surface area contributed by atoms with Crippen molar-refractivity contribution in [1.29, 1.82) is 0 Å². The first-order valence-corrected chi connectivity index (χ1v) is 9.52. The van der Waals surface area contributed by atoms with Gasteiger partial charge in [-0.2, -0.15) is 4.31 Å². The molecule has 27 heavy (non-hydrogen) atoms. The van der Waals surface area contributed by atoms with E-state index in [4.69, 9.17) is 14.6 Å². The van der Waals surface area contributed by atoms with Gasteiger partial charge in [-0.1, -0.05) is 0 Å². The van der Waals surface area contributed by atoms with Gasteiger partial charge >= 0.3 is 5.97 Å². The van der Waals surface area contributed by atoms with Crippen LogP contribution >= 0.6 is 0 Å². The molecule has 0 aromatic heterocycles. The van der Waals surface area contributed by atoms with Crippen LogP contribution in [0.5, 0.6) is 17.2 Å². The van der Waals surface area contributed by atoms with Gasteiger partial charge in [0.05, 0.1) is 19.1 Å². The monoisotopic (exact) mass is 393 g/mol. The van der Waals surface area contributed by atoms with Crippen molar-refractivity contribution < 1.29 is 32.9 Å². The van der Waals surface area contributed by atoms with Crippen molar-refractivity contribution in [3.8, 4) is 17.2 Å². The van der Waals surface area contributed by atoms with E-state index in [1.54, 1.807) is 6.07 Å². The summed E-state index contributed by atoms with van der Waals surface area (Å²) in [5.74, 6) is -0.793. The van der Waals surface area contributed by atoms with Gasteiger partial charge in [0, 0.05) is 13.1 Å². The molecule has 0 spiro atoms. The Kier molecular flexibility index (Phi) is 4.99. The minimum Gasteiger partial charge on any atom is -0.507 e. The van der Waals surface area contributed by atoms with Crippen LogP contribution in [0.15, 0.2) is 35.2 Å². The van der Waals surface area contributed by atoms with Crippen LogP contribution in [0.25, 0.3) is 0 Å². The summed E-state index contributed by atoms with van der Waals surface area (Å²) < 4.78 is 37.7. The van der Waals surface area contributed by atoms with Gasteiger partial charge in [0.2, 0.25) is 10.0 Å². The SMILES string of the molecule is COc1cc2c(cc1OC)CN(S(=O)(=O)c1ccc(O)c(C(=O)O)c1)CC2. The summed E-state index contributed by atoms with van der Waals surface area (Å²) in [6.45, 7) is 0.370. The summed E-state index contributed by atoms with van der Waals surface area (Å²) in [5, 5.41) is 18.7. The van der Waals surface area contributed by atoms with E-state index in [0.29, 0.717) is 17.9 Å². The largest absolute Gasteiger partial charge is 0.507 e. The van der Waals surface area contributed by atoms with Gasteiger partial charge in [-0.25, -0.2) is 13.2 Å². The van der Waals surface area contributed by atoms with Crippen molar-refractivity contribution >= 4 is 16.0 Å². The first-order chi connectivity index (χ1) is 12.8. The smallest absolute Gasteiger partial charge is 0.339 e. The average molecular weight is 393 g/mol. The summed E-state index contributed by atoms with van der Waals surface area (Å²) in [6.07, 6.45) is 0.485. The number of hydrogen-bond donors (Lipinski definition) is 2. The topological polar surface area (TPSA) is 113 Å². The highest BCUT2D eigenvalue weighted by Gasteiger charge is 2.30. The molecule has 2 aromatic rings. The quantitative estimate of drug-likeness (QED) is 0.797. The summed E-state index contributed by atoms with van der Waals surface area (Å²) in [4.78, 5) is 11.0. The van der Waals surface area contributed by atoms with E-state index in [9.17, 15) is 18.3 Å². The number of hydrogen-bond acceptors (Lipinski definition) is 6. The van der Waals surface area contributed by atoms with Crippen LogP contribution in [0.2, 0.25) is 0 Å². The number of aromatic carboxylic acids is 1. The number of benzene rings is 2. The van der Waals surface area contributed by atoms with Gasteiger partial charge in [0.25, 0.3) is 0 Å². The van der Waals surface area contributed by atoms with E-state index >= 15 is 0 Å². The van der Waals surface area contributed by atoms with Gasteiger partial charge in [-0.15, -0.1) is 0 Å². The average Bonchev–Trinajstić information content (AvgIpc) is 2.66. The lowest BCUT2D eigenvalue weighted by atomic mass is 10.0. The third-order valence-corrected chi connectivity index (χ3v) is 6.36. The molecule has 8 nitrogen and oxygen atoms in total. The number of carboxylic acid groups (broad SMARTS) is 1. The zero-order valence-corrected chi connectivity index (χ0v) is 15.6. The Morgan fingerprint density at radius 3 is 2.30 bits per heavy atom. The van der Waals surface area contributed by atoms with Crippen molar-refractivity contribution in [2.75, 3.05) is 20.8 Å². The van der Waals surface area contributed by atoms with Crippen molar-refractivity contribution in [3.05, 3.63) is 47.0 Å². The van der Waals surface area contributed by atoms with Crippen molar-refractivity contribution in [3.63, 3.8) is 0 Å². The van der Waals surface area contributed by atoms with E-state index in [1.165, 1.54) is 24.6 Å². The van der Waals surface area contributed by atoms with Gasteiger partial charge in [0.15, 0.2) is 11.5 Å². The standard InChI is InChI=1S/C18H19NO7S/c1-25-16-7-11-5-6-19(10-12(11)8-17(16)26-2)27(23,24)13-3-4-15(20)14(9-13)18(21)22/h3-4,7-9,20H,5-6,10H2,1-2H3,(H,21,22). The maximum atomic E-state index is 13.0. The molecule has 0 bridgehead atoms. The van der Waals surface area contributed by atoms with Crippen LogP contribution in [0.4, 0.5) is 0 Å². The molecule has 1 heterocycles. The number of sulfonamides is 1. The highest BCUT2D eigenvalue weighted by Crippen LogP contribution is 2.35. The summed E-state index contributed by atoms with van der Waals surface area (Å²) in [6, 6.07) is 6.82. The number of fused-ring (bicyclic) bond motifs is 1. The number of phenols is 1. The number of carbonyl (C=O) groups is 1. The molecule has 0 saturated heterocycles. The predicted octanol–water partition coefficient (Wildman–Crippen LogP) is 1.85. The van der Waals surface area contributed by atoms with E-state index < -0.39 is 27.3 Å². The van der Waals surface area contributed by atoms with Crippen LogP contribution in [-0.4, -0.2) is 49.7 Å². The highest BCUT2D eigenvalue weighted by atomic mass is 32.2. The molecule has 9 heteroatoms. The fourth-order valence-corrected chi connectivity index (χ4v) is 4.50. The van der Waals surface area contributed by atoms with Gasteiger partial charge in [-0.3, -0.25) is 0 Å². The molecular formula is C18H19NO7S. The molecule has 0 atom stereocenters. The third kappa shape index (κ3) is 3.43. The number of carboxylic acids is 1. The molecule has 0 aliphatic carbocycles. The summed E-state index contributed by atoms with van der Waals surface area (Å²) in [7, 11) is -0.884. The fourth-order valence-electron chi connectivity index (χ4n) is 3.06. The Balaban J connectivity index is 1.96. The molecule has 144 valence electrons. The summed E-state index contributed by atoms with van der Waals surface area (Å²) >= 11 is 0.